The van der Waals surface area contributed by atoms with Gasteiger partial charge >= 0.3 is 21.1 Å². The number of aliphatic hydroxyl groups is 4. The average molecular weight is 441 g/mol. The Morgan fingerprint density at radius 2 is 1.17 bits per heavy atom. The maximum absolute atomic E-state index is 8.55. The summed E-state index contributed by atoms with van der Waals surface area (Å²) in [5.41, 5.74) is 13.6. The predicted octanol–water partition coefficient (Wildman–Crippen LogP) is 0.787. The molecule has 2 aliphatic rings. The van der Waals surface area contributed by atoms with Gasteiger partial charge in [-0.15, -0.1) is 0 Å². The van der Waals surface area contributed by atoms with Crippen molar-refractivity contribution in [2.45, 2.75) is 63.2 Å². The summed E-state index contributed by atoms with van der Waals surface area (Å²) >= 11 is 0. The van der Waals surface area contributed by atoms with Crippen molar-refractivity contribution in [3.63, 3.8) is 0 Å². The van der Waals surface area contributed by atoms with Crippen molar-refractivity contribution in [1.29, 1.82) is 0 Å². The number of aliphatic hydroxyl groups excluding tert-OH is 2. The van der Waals surface area contributed by atoms with Gasteiger partial charge in [-0.25, -0.2) is 0 Å². The Labute approximate surface area is 122 Å². The van der Waals surface area contributed by atoms with E-state index in [1.807, 2.05) is 0 Å². The molecule has 0 aromatic carbocycles. The van der Waals surface area contributed by atoms with Gasteiger partial charge in [-0.1, -0.05) is 25.7 Å². The van der Waals surface area contributed by atoms with Gasteiger partial charge in [-0.05, 0) is 12.8 Å². The molecular formula is C11H22N2O4Pt. The molecule has 0 aromatic heterocycles. The van der Waals surface area contributed by atoms with Crippen LogP contribution in [0.2, 0.25) is 0 Å². The number of nitrogens with one attached hydrogen (secondary N) is 2. The third-order valence-electron chi connectivity index (χ3n) is 3.62. The van der Waals surface area contributed by atoms with Crippen molar-refractivity contribution < 1.29 is 41.5 Å². The van der Waals surface area contributed by atoms with Gasteiger partial charge in [0.05, 0.1) is 5.41 Å². The number of rotatable bonds is 2. The molecule has 0 aliphatic heterocycles. The minimum Gasteiger partial charge on any atom is -0.676 e. The van der Waals surface area contributed by atoms with E-state index in [1.54, 1.807) is 0 Å². The van der Waals surface area contributed by atoms with Crippen LogP contribution in [-0.4, -0.2) is 45.1 Å². The molecule has 6 nitrogen and oxygen atoms in total. The summed E-state index contributed by atoms with van der Waals surface area (Å²) in [6.07, 6.45) is 2.00. The molecule has 7 heteroatoms. The Balaban J connectivity index is 0.000000306. The molecule has 0 spiro atoms. The smallest absolute Gasteiger partial charge is 0.676 e. The molecule has 2 aliphatic carbocycles. The summed E-state index contributed by atoms with van der Waals surface area (Å²) in [5.74, 6) is 0. The van der Waals surface area contributed by atoms with Crippen LogP contribution >= 0.6 is 0 Å². The van der Waals surface area contributed by atoms with Crippen LogP contribution in [0.1, 0.15) is 38.5 Å². The van der Waals surface area contributed by atoms with Crippen LogP contribution < -0.4 is 0 Å². The zero-order chi connectivity index (χ0) is 13.1. The summed E-state index contributed by atoms with van der Waals surface area (Å²) in [7, 11) is 0. The van der Waals surface area contributed by atoms with Crippen LogP contribution in [0.15, 0.2) is 0 Å². The van der Waals surface area contributed by atoms with Crippen molar-refractivity contribution >= 4 is 0 Å². The molecule has 18 heavy (non-hydrogen) atoms. The van der Waals surface area contributed by atoms with Crippen LogP contribution in [0.25, 0.3) is 11.5 Å². The summed E-state index contributed by atoms with van der Waals surface area (Å²) in [5, 5.41) is 34.2. The van der Waals surface area contributed by atoms with Crippen LogP contribution in [-0.2, 0) is 21.1 Å². The summed E-state index contributed by atoms with van der Waals surface area (Å²) in [6.45, 7) is 0. The van der Waals surface area contributed by atoms with E-state index in [2.05, 4.69) is 0 Å². The minimum absolute atomic E-state index is 0. The third-order valence-corrected chi connectivity index (χ3v) is 3.62. The van der Waals surface area contributed by atoms with E-state index in [4.69, 9.17) is 31.9 Å². The molecule has 0 bridgehead atoms. The standard InChI is InChI=1S/C6H12N2.C5H10O4.Pt/c7-5-3-1-2-4-6(5)8;6-3(7)5(1-2-5)4(8)9;/h5-8H,1-4H2;3-4,6-9H,1-2H2;/q-2;;+2. The molecule has 2 atom stereocenters. The fourth-order valence-electron chi connectivity index (χ4n) is 1.92. The third kappa shape index (κ3) is 4.85. The molecule has 0 aromatic rings. The van der Waals surface area contributed by atoms with Crippen molar-refractivity contribution in [1.82, 2.24) is 0 Å². The van der Waals surface area contributed by atoms with Crippen molar-refractivity contribution in [3.05, 3.63) is 11.5 Å². The molecule has 0 amide bonds. The van der Waals surface area contributed by atoms with E-state index in [9.17, 15) is 0 Å². The Morgan fingerprint density at radius 3 is 1.28 bits per heavy atom. The van der Waals surface area contributed by atoms with Gasteiger partial charge in [0.15, 0.2) is 12.6 Å². The topological polar surface area (TPSA) is 129 Å². The first kappa shape index (κ1) is 18.4. The van der Waals surface area contributed by atoms with Gasteiger partial charge in [-0.3, -0.25) is 0 Å². The fourth-order valence-corrected chi connectivity index (χ4v) is 1.92. The Bertz CT molecular complexity index is 217. The fraction of sp³-hybridized carbons (Fsp3) is 1.00. The van der Waals surface area contributed by atoms with E-state index in [1.165, 1.54) is 12.8 Å². The Kier molecular flexibility index (Phi) is 8.09. The van der Waals surface area contributed by atoms with Gasteiger partial charge in [0.2, 0.25) is 0 Å². The summed E-state index contributed by atoms with van der Waals surface area (Å²) in [6, 6.07) is -0.160. The van der Waals surface area contributed by atoms with Crippen LogP contribution in [0.4, 0.5) is 0 Å². The monoisotopic (exact) mass is 441 g/mol. The minimum atomic E-state index is -1.60. The zero-order valence-electron chi connectivity index (χ0n) is 10.2. The van der Waals surface area contributed by atoms with Gasteiger partial charge in [-0.2, -0.15) is 12.1 Å². The number of hydrogen-bond acceptors (Lipinski definition) is 4. The molecule has 6 N–H and O–H groups in total. The largest absolute Gasteiger partial charge is 2.00 e. The summed E-state index contributed by atoms with van der Waals surface area (Å²) in [4.78, 5) is 0. The van der Waals surface area contributed by atoms with E-state index in [0.717, 1.165) is 12.8 Å². The molecule has 110 valence electrons. The Hall–Kier alpha value is 0.448. The van der Waals surface area contributed by atoms with E-state index >= 15 is 0 Å². The second kappa shape index (κ2) is 7.90. The van der Waals surface area contributed by atoms with Crippen molar-refractivity contribution in [2.24, 2.45) is 5.41 Å². The first-order chi connectivity index (χ1) is 7.90. The Morgan fingerprint density at radius 1 is 0.833 bits per heavy atom. The average Bonchev–Trinajstić information content (AvgIpc) is 3.04. The molecule has 0 radical (unpaired) electrons. The van der Waals surface area contributed by atoms with Crippen molar-refractivity contribution in [2.75, 3.05) is 0 Å². The molecule has 0 heterocycles. The van der Waals surface area contributed by atoms with Gasteiger partial charge in [0.25, 0.3) is 0 Å². The van der Waals surface area contributed by atoms with Crippen LogP contribution in [0.5, 0.6) is 0 Å². The van der Waals surface area contributed by atoms with Gasteiger partial charge < -0.3 is 31.9 Å². The summed E-state index contributed by atoms with van der Waals surface area (Å²) < 4.78 is 0. The first-order valence-electron chi connectivity index (χ1n) is 6.04. The van der Waals surface area contributed by atoms with Crippen LogP contribution in [0, 0.1) is 5.41 Å². The van der Waals surface area contributed by atoms with Crippen LogP contribution in [0.3, 0.4) is 0 Å². The predicted molar refractivity (Wildman–Crippen MR) is 62.8 cm³/mol. The molecule has 2 unspecified atom stereocenters. The SMILES string of the molecule is OC(O)C1(C(O)O)CC1.[NH-]C1CCCCC1[NH-].[Pt+2]. The molecular weight excluding hydrogens is 419 g/mol. The second-order valence-corrected chi connectivity index (χ2v) is 4.98. The maximum atomic E-state index is 8.55. The van der Waals surface area contributed by atoms with E-state index in [-0.39, 0.29) is 33.1 Å². The van der Waals surface area contributed by atoms with E-state index < -0.39 is 18.0 Å². The maximum Gasteiger partial charge on any atom is 2.00 e. The van der Waals surface area contributed by atoms with E-state index in [0.29, 0.717) is 12.8 Å². The normalized spacial score (nSPS) is 29.3. The molecule has 0 saturated heterocycles. The quantitative estimate of drug-likeness (QED) is 0.472. The van der Waals surface area contributed by atoms with Gasteiger partial charge in [0.1, 0.15) is 0 Å². The second-order valence-electron chi connectivity index (χ2n) is 4.98. The number of hydrogen-bond donors (Lipinski definition) is 4. The van der Waals surface area contributed by atoms with Gasteiger partial charge in [0, 0.05) is 0 Å². The molecule has 2 rings (SSSR count). The molecule has 2 saturated carbocycles. The molecule has 2 fully saturated rings. The first-order valence-corrected chi connectivity index (χ1v) is 6.04. The zero-order valence-corrected chi connectivity index (χ0v) is 12.4. The van der Waals surface area contributed by atoms with Crippen molar-refractivity contribution in [3.8, 4) is 0 Å².